The number of aryl methyl sites for hydroxylation is 1. The van der Waals surface area contributed by atoms with E-state index in [0.29, 0.717) is 10.8 Å². The quantitative estimate of drug-likeness (QED) is 0.542. The standard InChI is InChI=1S/C20H21N5O2S2/c1-13-6-11-17(22-13)19-18(16-5-3-4-12-21-16)23-20(28)25(19)15-9-7-14(8-10-15)24-29(2,26)27/h3-12,18-19,22,24H,1-2H3,(H,23,28)/t18-,19+/m0/s1. The molecule has 4 rings (SSSR count). The van der Waals surface area contributed by atoms with Gasteiger partial charge >= 0.3 is 0 Å². The Balaban J connectivity index is 1.73. The van der Waals surface area contributed by atoms with Crippen molar-refractivity contribution in [1.29, 1.82) is 0 Å². The lowest BCUT2D eigenvalue weighted by atomic mass is 10.0. The summed E-state index contributed by atoms with van der Waals surface area (Å²) in [6.45, 7) is 2.01. The van der Waals surface area contributed by atoms with Gasteiger partial charge in [0.2, 0.25) is 10.0 Å². The first kappa shape index (κ1) is 19.4. The van der Waals surface area contributed by atoms with Crippen LogP contribution in [0.15, 0.2) is 60.8 Å². The molecule has 0 radical (unpaired) electrons. The van der Waals surface area contributed by atoms with E-state index >= 15 is 0 Å². The molecule has 0 aliphatic carbocycles. The van der Waals surface area contributed by atoms with Crippen molar-refractivity contribution in [3.63, 3.8) is 0 Å². The molecular weight excluding hydrogens is 406 g/mol. The lowest BCUT2D eigenvalue weighted by Gasteiger charge is -2.27. The van der Waals surface area contributed by atoms with Gasteiger partial charge in [-0.1, -0.05) is 6.07 Å². The Morgan fingerprint density at radius 3 is 2.45 bits per heavy atom. The van der Waals surface area contributed by atoms with Crippen molar-refractivity contribution in [2.24, 2.45) is 0 Å². The Bertz CT molecular complexity index is 1130. The van der Waals surface area contributed by atoms with Crippen LogP contribution < -0.4 is 14.9 Å². The van der Waals surface area contributed by atoms with E-state index in [1.807, 2.05) is 48.2 Å². The van der Waals surface area contributed by atoms with Crippen molar-refractivity contribution in [2.45, 2.75) is 19.0 Å². The van der Waals surface area contributed by atoms with Crippen LogP contribution in [0.2, 0.25) is 0 Å². The number of aromatic amines is 1. The summed E-state index contributed by atoms with van der Waals surface area (Å²) in [6.07, 6.45) is 2.90. The zero-order chi connectivity index (χ0) is 20.6. The summed E-state index contributed by atoms with van der Waals surface area (Å²) < 4.78 is 25.4. The Morgan fingerprint density at radius 1 is 1.10 bits per heavy atom. The molecule has 3 N–H and O–H groups in total. The number of H-pyrrole nitrogens is 1. The van der Waals surface area contributed by atoms with Gasteiger partial charge in [0.25, 0.3) is 0 Å². The van der Waals surface area contributed by atoms with Crippen molar-refractivity contribution in [3.8, 4) is 0 Å². The maximum Gasteiger partial charge on any atom is 0.229 e. The molecule has 1 aliphatic heterocycles. The molecule has 0 unspecified atom stereocenters. The highest BCUT2D eigenvalue weighted by Gasteiger charge is 2.41. The van der Waals surface area contributed by atoms with Gasteiger partial charge in [-0.2, -0.15) is 0 Å². The number of nitrogens with zero attached hydrogens (tertiary/aromatic N) is 2. The van der Waals surface area contributed by atoms with E-state index in [1.165, 1.54) is 0 Å². The molecule has 0 amide bonds. The fraction of sp³-hybridized carbons (Fsp3) is 0.200. The summed E-state index contributed by atoms with van der Waals surface area (Å²) >= 11 is 5.67. The van der Waals surface area contributed by atoms with E-state index in [0.717, 1.165) is 29.0 Å². The molecule has 3 aromatic rings. The van der Waals surface area contributed by atoms with Crippen molar-refractivity contribution >= 4 is 38.7 Å². The van der Waals surface area contributed by atoms with Crippen LogP contribution in [-0.4, -0.2) is 29.8 Å². The van der Waals surface area contributed by atoms with Crippen LogP contribution in [0.1, 0.15) is 29.2 Å². The number of anilines is 2. The molecule has 1 aliphatic rings. The topological polar surface area (TPSA) is 90.1 Å². The number of thiocarbonyl (C=S) groups is 1. The van der Waals surface area contributed by atoms with Gasteiger partial charge < -0.3 is 15.2 Å². The zero-order valence-corrected chi connectivity index (χ0v) is 17.6. The molecule has 1 aromatic carbocycles. The fourth-order valence-corrected chi connectivity index (χ4v) is 4.46. The minimum Gasteiger partial charge on any atom is -0.361 e. The second-order valence-corrected chi connectivity index (χ2v) is 9.15. The molecule has 7 nitrogen and oxygen atoms in total. The third-order valence-electron chi connectivity index (χ3n) is 4.72. The molecule has 9 heteroatoms. The van der Waals surface area contributed by atoms with E-state index in [9.17, 15) is 8.42 Å². The van der Waals surface area contributed by atoms with Crippen LogP contribution in [0.4, 0.5) is 11.4 Å². The third-order valence-corrected chi connectivity index (χ3v) is 5.64. The summed E-state index contributed by atoms with van der Waals surface area (Å²) in [5.74, 6) is 0. The minimum atomic E-state index is -3.33. The first-order valence-electron chi connectivity index (χ1n) is 9.06. The van der Waals surface area contributed by atoms with Gasteiger partial charge in [0.05, 0.1) is 18.0 Å². The van der Waals surface area contributed by atoms with E-state index in [1.54, 1.807) is 18.3 Å². The average molecular weight is 428 g/mol. The van der Waals surface area contributed by atoms with Gasteiger partial charge in [0.1, 0.15) is 6.04 Å². The second-order valence-electron chi connectivity index (χ2n) is 7.01. The highest BCUT2D eigenvalue weighted by molar-refractivity contribution is 7.92. The first-order valence-corrected chi connectivity index (χ1v) is 11.4. The van der Waals surface area contributed by atoms with Crippen LogP contribution >= 0.6 is 12.2 Å². The first-order chi connectivity index (χ1) is 13.8. The lowest BCUT2D eigenvalue weighted by molar-refractivity contribution is 0.558. The number of aromatic nitrogens is 2. The number of hydrogen-bond acceptors (Lipinski definition) is 4. The Labute approximate surface area is 175 Å². The fourth-order valence-electron chi connectivity index (χ4n) is 3.55. The van der Waals surface area contributed by atoms with Crippen LogP contribution in [0.25, 0.3) is 0 Å². The SMILES string of the molecule is Cc1ccc([C@@H]2[C@H](c3ccccn3)NC(=S)N2c2ccc(NS(C)(=O)=O)cc2)[nH]1. The summed E-state index contributed by atoms with van der Waals surface area (Å²) in [5, 5.41) is 3.98. The third kappa shape index (κ3) is 4.10. The number of hydrogen-bond donors (Lipinski definition) is 3. The van der Waals surface area contributed by atoms with E-state index in [4.69, 9.17) is 12.2 Å². The van der Waals surface area contributed by atoms with Gasteiger partial charge in [0, 0.05) is 29.0 Å². The Hall–Kier alpha value is -2.91. The summed E-state index contributed by atoms with van der Waals surface area (Å²) in [5.41, 5.74) is 4.33. The lowest BCUT2D eigenvalue weighted by Crippen LogP contribution is -2.29. The number of nitrogens with one attached hydrogen (secondary N) is 3. The molecule has 1 saturated heterocycles. The smallest absolute Gasteiger partial charge is 0.229 e. The molecule has 0 bridgehead atoms. The Kier molecular flexibility index (Phi) is 5.01. The molecule has 1 fully saturated rings. The van der Waals surface area contributed by atoms with Gasteiger partial charge in [-0.05, 0) is 67.7 Å². The van der Waals surface area contributed by atoms with Gasteiger partial charge in [-0.15, -0.1) is 0 Å². The van der Waals surface area contributed by atoms with Crippen molar-refractivity contribution < 1.29 is 8.42 Å². The maximum absolute atomic E-state index is 11.5. The molecule has 29 heavy (non-hydrogen) atoms. The van der Waals surface area contributed by atoms with Gasteiger partial charge in [0.15, 0.2) is 5.11 Å². The van der Waals surface area contributed by atoms with Crippen LogP contribution in [0.5, 0.6) is 0 Å². The largest absolute Gasteiger partial charge is 0.361 e. The average Bonchev–Trinajstić information content (AvgIpc) is 3.25. The molecular formula is C20H21N5O2S2. The van der Waals surface area contributed by atoms with Gasteiger partial charge in [-0.25, -0.2) is 8.42 Å². The second kappa shape index (κ2) is 7.49. The normalized spacial score (nSPS) is 19.2. The van der Waals surface area contributed by atoms with E-state index in [-0.39, 0.29) is 12.1 Å². The zero-order valence-electron chi connectivity index (χ0n) is 16.0. The number of rotatable bonds is 5. The van der Waals surface area contributed by atoms with E-state index in [2.05, 4.69) is 26.1 Å². The van der Waals surface area contributed by atoms with Gasteiger partial charge in [-0.3, -0.25) is 9.71 Å². The predicted molar refractivity (Wildman–Crippen MR) is 118 cm³/mol. The van der Waals surface area contributed by atoms with Crippen molar-refractivity contribution in [1.82, 2.24) is 15.3 Å². The molecule has 2 aromatic heterocycles. The van der Waals surface area contributed by atoms with E-state index < -0.39 is 10.0 Å². The maximum atomic E-state index is 11.5. The van der Waals surface area contributed by atoms with Crippen molar-refractivity contribution in [2.75, 3.05) is 15.9 Å². The Morgan fingerprint density at radius 2 is 1.86 bits per heavy atom. The molecule has 2 atom stereocenters. The summed E-state index contributed by atoms with van der Waals surface area (Å²) in [4.78, 5) is 9.97. The number of sulfonamides is 1. The van der Waals surface area contributed by atoms with Crippen LogP contribution in [-0.2, 0) is 10.0 Å². The summed E-state index contributed by atoms with van der Waals surface area (Å²) in [7, 11) is -3.33. The molecule has 0 saturated carbocycles. The predicted octanol–water partition coefficient (Wildman–Crippen LogP) is 3.27. The highest BCUT2D eigenvalue weighted by Crippen LogP contribution is 2.41. The highest BCUT2D eigenvalue weighted by atomic mass is 32.2. The monoisotopic (exact) mass is 427 g/mol. The number of benzene rings is 1. The molecule has 0 spiro atoms. The minimum absolute atomic E-state index is 0.125. The van der Waals surface area contributed by atoms with Crippen LogP contribution in [0.3, 0.4) is 0 Å². The number of pyridine rings is 1. The van der Waals surface area contributed by atoms with Crippen molar-refractivity contribution in [3.05, 3.63) is 77.9 Å². The van der Waals surface area contributed by atoms with Crippen LogP contribution in [0, 0.1) is 6.92 Å². The summed E-state index contributed by atoms with van der Waals surface area (Å²) in [6, 6.07) is 16.8. The molecule has 150 valence electrons. The molecule has 3 heterocycles.